The standard InChI is InChI=1S/C10H14BrN3S/c1-14(7-2-3-15-6-7)10-8(11)4-13-5-9(10)12/h4-5,7H,2-3,6,12H2,1H3. The summed E-state index contributed by atoms with van der Waals surface area (Å²) in [6, 6.07) is 0.594. The topological polar surface area (TPSA) is 42.1 Å². The van der Waals surface area contributed by atoms with E-state index in [1.54, 1.807) is 12.4 Å². The van der Waals surface area contributed by atoms with Crippen molar-refractivity contribution in [1.82, 2.24) is 4.98 Å². The molecule has 15 heavy (non-hydrogen) atoms. The van der Waals surface area contributed by atoms with Crippen molar-refractivity contribution in [2.24, 2.45) is 0 Å². The number of pyridine rings is 1. The molecular formula is C10H14BrN3S. The third-order valence-corrected chi connectivity index (χ3v) is 4.43. The number of rotatable bonds is 2. The van der Waals surface area contributed by atoms with E-state index in [2.05, 4.69) is 32.9 Å². The summed E-state index contributed by atoms with van der Waals surface area (Å²) in [7, 11) is 2.10. The number of halogens is 1. The van der Waals surface area contributed by atoms with Crippen LogP contribution in [0.5, 0.6) is 0 Å². The average Bonchev–Trinajstić information content (AvgIpc) is 2.69. The second-order valence-corrected chi connectivity index (χ2v) is 5.69. The maximum absolute atomic E-state index is 5.95. The molecule has 0 bridgehead atoms. The molecule has 1 saturated heterocycles. The Hall–Kier alpha value is -0.420. The summed E-state index contributed by atoms with van der Waals surface area (Å²) < 4.78 is 0.974. The molecule has 3 nitrogen and oxygen atoms in total. The van der Waals surface area contributed by atoms with Crippen LogP contribution in [0.15, 0.2) is 16.9 Å². The highest BCUT2D eigenvalue weighted by atomic mass is 79.9. The van der Waals surface area contributed by atoms with Crippen LogP contribution in [0, 0.1) is 0 Å². The second kappa shape index (κ2) is 4.61. The van der Waals surface area contributed by atoms with Crippen molar-refractivity contribution in [3.05, 3.63) is 16.9 Å². The summed E-state index contributed by atoms with van der Waals surface area (Å²) in [6.07, 6.45) is 4.73. The van der Waals surface area contributed by atoms with Gasteiger partial charge in [0.1, 0.15) is 0 Å². The quantitative estimate of drug-likeness (QED) is 0.907. The van der Waals surface area contributed by atoms with Crippen LogP contribution < -0.4 is 10.6 Å². The van der Waals surface area contributed by atoms with Gasteiger partial charge in [-0.2, -0.15) is 11.8 Å². The van der Waals surface area contributed by atoms with E-state index in [1.165, 1.54) is 17.9 Å². The van der Waals surface area contributed by atoms with Crippen molar-refractivity contribution in [2.75, 3.05) is 29.2 Å². The molecule has 1 unspecified atom stereocenters. The van der Waals surface area contributed by atoms with Gasteiger partial charge in [-0.25, -0.2) is 0 Å². The zero-order valence-corrected chi connectivity index (χ0v) is 11.0. The average molecular weight is 288 g/mol. The number of anilines is 2. The van der Waals surface area contributed by atoms with Crippen LogP contribution in [0.25, 0.3) is 0 Å². The van der Waals surface area contributed by atoms with E-state index in [0.717, 1.165) is 15.8 Å². The van der Waals surface area contributed by atoms with Crippen LogP contribution in [0.1, 0.15) is 6.42 Å². The summed E-state index contributed by atoms with van der Waals surface area (Å²) in [4.78, 5) is 6.31. The van der Waals surface area contributed by atoms with Crippen LogP contribution in [0.3, 0.4) is 0 Å². The van der Waals surface area contributed by atoms with Crippen LogP contribution in [0.4, 0.5) is 11.4 Å². The van der Waals surface area contributed by atoms with Crippen LogP contribution >= 0.6 is 27.7 Å². The van der Waals surface area contributed by atoms with Gasteiger partial charge in [0.2, 0.25) is 0 Å². The van der Waals surface area contributed by atoms with Gasteiger partial charge in [-0.3, -0.25) is 4.98 Å². The van der Waals surface area contributed by atoms with Crippen LogP contribution in [-0.4, -0.2) is 29.6 Å². The van der Waals surface area contributed by atoms with Crippen molar-refractivity contribution in [1.29, 1.82) is 0 Å². The first-order valence-corrected chi connectivity index (χ1v) is 6.84. The summed E-state index contributed by atoms with van der Waals surface area (Å²) in [5, 5.41) is 0. The largest absolute Gasteiger partial charge is 0.396 e. The highest BCUT2D eigenvalue weighted by molar-refractivity contribution is 9.10. The Bertz CT molecular complexity index is 332. The van der Waals surface area contributed by atoms with E-state index in [0.29, 0.717) is 6.04 Å². The van der Waals surface area contributed by atoms with Gasteiger partial charge in [0.05, 0.1) is 22.0 Å². The molecule has 0 aromatic carbocycles. The summed E-state index contributed by atoms with van der Waals surface area (Å²) >= 11 is 5.51. The molecule has 0 amide bonds. The third-order valence-electron chi connectivity index (χ3n) is 2.71. The molecule has 1 aliphatic heterocycles. The monoisotopic (exact) mass is 287 g/mol. The minimum atomic E-state index is 0.594. The molecule has 0 spiro atoms. The Balaban J connectivity index is 2.27. The molecule has 5 heteroatoms. The van der Waals surface area contributed by atoms with E-state index in [9.17, 15) is 0 Å². The molecule has 1 fully saturated rings. The van der Waals surface area contributed by atoms with E-state index < -0.39 is 0 Å². The fourth-order valence-electron chi connectivity index (χ4n) is 1.83. The lowest BCUT2D eigenvalue weighted by Gasteiger charge is -2.27. The van der Waals surface area contributed by atoms with Crippen molar-refractivity contribution >= 4 is 39.1 Å². The van der Waals surface area contributed by atoms with Crippen molar-refractivity contribution in [2.45, 2.75) is 12.5 Å². The summed E-state index contributed by atoms with van der Waals surface area (Å²) in [5.74, 6) is 2.43. The van der Waals surface area contributed by atoms with Crippen molar-refractivity contribution in [3.8, 4) is 0 Å². The van der Waals surface area contributed by atoms with Crippen LogP contribution in [0.2, 0.25) is 0 Å². The molecule has 1 aromatic heterocycles. The number of nitrogen functional groups attached to an aromatic ring is 1. The highest BCUT2D eigenvalue weighted by Gasteiger charge is 2.23. The Morgan fingerprint density at radius 1 is 1.60 bits per heavy atom. The Kier molecular flexibility index (Phi) is 3.41. The fourth-order valence-corrected chi connectivity index (χ4v) is 3.72. The number of thioether (sulfide) groups is 1. The van der Waals surface area contributed by atoms with Gasteiger partial charge in [-0.1, -0.05) is 0 Å². The zero-order valence-electron chi connectivity index (χ0n) is 8.61. The number of hydrogen-bond acceptors (Lipinski definition) is 4. The van der Waals surface area contributed by atoms with Crippen molar-refractivity contribution in [3.63, 3.8) is 0 Å². The van der Waals surface area contributed by atoms with Gasteiger partial charge in [-0.15, -0.1) is 0 Å². The molecule has 2 rings (SSSR count). The molecule has 0 radical (unpaired) electrons. The summed E-state index contributed by atoms with van der Waals surface area (Å²) in [6.45, 7) is 0. The minimum Gasteiger partial charge on any atom is -0.396 e. The predicted octanol–water partition coefficient (Wildman–Crippen LogP) is 2.37. The van der Waals surface area contributed by atoms with Gasteiger partial charge in [0.25, 0.3) is 0 Å². The number of aromatic nitrogens is 1. The molecule has 0 aliphatic carbocycles. The van der Waals surface area contributed by atoms with E-state index in [-0.39, 0.29) is 0 Å². The number of hydrogen-bond donors (Lipinski definition) is 1. The molecule has 0 saturated carbocycles. The van der Waals surface area contributed by atoms with Gasteiger partial charge >= 0.3 is 0 Å². The normalized spacial score (nSPS) is 20.5. The molecule has 2 heterocycles. The minimum absolute atomic E-state index is 0.594. The molecule has 1 aliphatic rings. The first kappa shape index (κ1) is 11.1. The molecular weight excluding hydrogens is 274 g/mol. The van der Waals surface area contributed by atoms with E-state index >= 15 is 0 Å². The lowest BCUT2D eigenvalue weighted by molar-refractivity contribution is 0.699. The molecule has 1 atom stereocenters. The first-order valence-electron chi connectivity index (χ1n) is 4.89. The van der Waals surface area contributed by atoms with Crippen molar-refractivity contribution < 1.29 is 0 Å². The maximum atomic E-state index is 5.95. The number of nitrogens with zero attached hydrogens (tertiary/aromatic N) is 2. The van der Waals surface area contributed by atoms with Gasteiger partial charge in [0.15, 0.2) is 0 Å². The first-order chi connectivity index (χ1) is 7.20. The molecule has 2 N–H and O–H groups in total. The maximum Gasteiger partial charge on any atom is 0.0776 e. The van der Waals surface area contributed by atoms with Gasteiger partial charge in [-0.05, 0) is 28.1 Å². The highest BCUT2D eigenvalue weighted by Crippen LogP contribution is 2.34. The smallest absolute Gasteiger partial charge is 0.0776 e. The van der Waals surface area contributed by atoms with Crippen LogP contribution in [-0.2, 0) is 0 Å². The second-order valence-electron chi connectivity index (χ2n) is 3.69. The lowest BCUT2D eigenvalue weighted by Crippen LogP contribution is -2.32. The zero-order chi connectivity index (χ0) is 10.8. The number of nitrogens with two attached hydrogens (primary N) is 1. The Morgan fingerprint density at radius 3 is 3.00 bits per heavy atom. The fraction of sp³-hybridized carbons (Fsp3) is 0.500. The SMILES string of the molecule is CN(c1c(N)cncc1Br)C1CCSC1. The predicted molar refractivity (Wildman–Crippen MR) is 70.5 cm³/mol. The van der Waals surface area contributed by atoms with E-state index in [1.807, 2.05) is 11.8 Å². The lowest BCUT2D eigenvalue weighted by atomic mass is 10.2. The molecule has 82 valence electrons. The Labute approximate surface area is 103 Å². The third kappa shape index (κ3) is 2.23. The van der Waals surface area contributed by atoms with Gasteiger partial charge in [0, 0.05) is 25.0 Å². The van der Waals surface area contributed by atoms with Gasteiger partial charge < -0.3 is 10.6 Å². The molecule has 1 aromatic rings. The Morgan fingerprint density at radius 2 is 2.40 bits per heavy atom. The summed E-state index contributed by atoms with van der Waals surface area (Å²) in [5.41, 5.74) is 7.76. The van der Waals surface area contributed by atoms with E-state index in [4.69, 9.17) is 5.73 Å².